The van der Waals surface area contributed by atoms with E-state index in [1.807, 2.05) is 0 Å². The largest absolute Gasteiger partial charge is 0.465 e. The number of ether oxygens (including phenoxy) is 3. The summed E-state index contributed by atoms with van der Waals surface area (Å²) in [6, 6.07) is 0. The molecule has 1 spiro atoms. The molecule has 2 rings (SSSR count). The van der Waals surface area contributed by atoms with Gasteiger partial charge in [0, 0.05) is 6.42 Å². The minimum atomic E-state index is -0.734. The SMILES string of the molecule is CC1(C)C(=O)OCCC12OCCO2. The molecule has 0 amide bonds. The fourth-order valence-corrected chi connectivity index (χ4v) is 1.89. The molecular formula is C9H14O4. The number of carbonyl (C=O) groups is 1. The van der Waals surface area contributed by atoms with E-state index in [0.717, 1.165) is 0 Å². The van der Waals surface area contributed by atoms with Crippen molar-refractivity contribution in [3.8, 4) is 0 Å². The van der Waals surface area contributed by atoms with Crippen molar-refractivity contribution in [2.24, 2.45) is 5.41 Å². The molecule has 0 N–H and O–H groups in total. The van der Waals surface area contributed by atoms with E-state index in [0.29, 0.717) is 26.2 Å². The molecule has 13 heavy (non-hydrogen) atoms. The summed E-state index contributed by atoms with van der Waals surface area (Å²) in [6.45, 7) is 5.13. The summed E-state index contributed by atoms with van der Waals surface area (Å²) in [6.07, 6.45) is 0.631. The van der Waals surface area contributed by atoms with E-state index in [2.05, 4.69) is 0 Å². The monoisotopic (exact) mass is 186 g/mol. The van der Waals surface area contributed by atoms with Crippen molar-refractivity contribution in [3.63, 3.8) is 0 Å². The maximum atomic E-state index is 11.5. The van der Waals surface area contributed by atoms with Crippen LogP contribution in [0.25, 0.3) is 0 Å². The number of carbonyl (C=O) groups excluding carboxylic acids is 1. The van der Waals surface area contributed by atoms with Crippen molar-refractivity contribution >= 4 is 5.97 Å². The Morgan fingerprint density at radius 3 is 2.38 bits per heavy atom. The zero-order valence-corrected chi connectivity index (χ0v) is 7.96. The molecule has 4 nitrogen and oxygen atoms in total. The minimum absolute atomic E-state index is 0.236. The summed E-state index contributed by atoms with van der Waals surface area (Å²) in [5, 5.41) is 0. The van der Waals surface area contributed by atoms with Gasteiger partial charge in [0.25, 0.3) is 0 Å². The van der Waals surface area contributed by atoms with Gasteiger partial charge in [-0.3, -0.25) is 4.79 Å². The van der Waals surface area contributed by atoms with Crippen molar-refractivity contribution < 1.29 is 19.0 Å². The number of cyclic esters (lactones) is 1. The van der Waals surface area contributed by atoms with Crippen LogP contribution in [0.2, 0.25) is 0 Å². The Morgan fingerprint density at radius 2 is 1.77 bits per heavy atom. The minimum Gasteiger partial charge on any atom is -0.465 e. The van der Waals surface area contributed by atoms with Gasteiger partial charge in [-0.15, -0.1) is 0 Å². The van der Waals surface area contributed by atoms with E-state index in [-0.39, 0.29) is 5.97 Å². The lowest BCUT2D eigenvalue weighted by molar-refractivity contribution is -0.260. The highest BCUT2D eigenvalue weighted by Crippen LogP contribution is 2.44. The highest BCUT2D eigenvalue weighted by atomic mass is 16.7. The van der Waals surface area contributed by atoms with Gasteiger partial charge in [-0.05, 0) is 13.8 Å². The average molecular weight is 186 g/mol. The fraction of sp³-hybridized carbons (Fsp3) is 0.889. The first-order valence-electron chi connectivity index (χ1n) is 4.54. The molecule has 0 aromatic carbocycles. The van der Waals surface area contributed by atoms with Crippen LogP contribution in [-0.4, -0.2) is 31.6 Å². The summed E-state index contributed by atoms with van der Waals surface area (Å²) >= 11 is 0. The second kappa shape index (κ2) is 2.69. The van der Waals surface area contributed by atoms with Gasteiger partial charge >= 0.3 is 5.97 Å². The molecule has 2 aliphatic heterocycles. The molecule has 0 radical (unpaired) electrons. The van der Waals surface area contributed by atoms with Crippen LogP contribution in [0, 0.1) is 5.41 Å². The topological polar surface area (TPSA) is 44.8 Å². The van der Waals surface area contributed by atoms with E-state index < -0.39 is 11.2 Å². The summed E-state index contributed by atoms with van der Waals surface area (Å²) in [7, 11) is 0. The molecule has 2 aliphatic rings. The summed E-state index contributed by atoms with van der Waals surface area (Å²) in [5.74, 6) is -0.969. The first-order chi connectivity index (χ1) is 6.08. The molecular weight excluding hydrogens is 172 g/mol. The second-order valence-electron chi connectivity index (χ2n) is 3.96. The normalized spacial score (nSPS) is 30.5. The third-order valence-corrected chi connectivity index (χ3v) is 2.88. The molecule has 0 aromatic heterocycles. The zero-order valence-electron chi connectivity index (χ0n) is 7.96. The Kier molecular flexibility index (Phi) is 1.85. The predicted octanol–water partition coefficient (Wildman–Crippen LogP) is 0.703. The number of rotatable bonds is 0. The average Bonchev–Trinajstić information content (AvgIpc) is 2.52. The number of hydrogen-bond acceptors (Lipinski definition) is 4. The van der Waals surface area contributed by atoms with Gasteiger partial charge in [-0.25, -0.2) is 0 Å². The third-order valence-electron chi connectivity index (χ3n) is 2.88. The second-order valence-corrected chi connectivity index (χ2v) is 3.96. The molecule has 4 heteroatoms. The molecule has 2 saturated heterocycles. The predicted molar refractivity (Wildman–Crippen MR) is 44.0 cm³/mol. The van der Waals surface area contributed by atoms with Gasteiger partial charge in [0.2, 0.25) is 0 Å². The van der Waals surface area contributed by atoms with E-state index in [1.165, 1.54) is 0 Å². The van der Waals surface area contributed by atoms with Crippen LogP contribution in [0.3, 0.4) is 0 Å². The Bertz CT molecular complexity index is 228. The maximum Gasteiger partial charge on any atom is 0.317 e. The number of hydrogen-bond donors (Lipinski definition) is 0. The van der Waals surface area contributed by atoms with Crippen LogP contribution in [0.4, 0.5) is 0 Å². The molecule has 0 bridgehead atoms. The molecule has 0 unspecified atom stereocenters. The smallest absolute Gasteiger partial charge is 0.317 e. The van der Waals surface area contributed by atoms with Gasteiger partial charge in [-0.2, -0.15) is 0 Å². The van der Waals surface area contributed by atoms with E-state index in [9.17, 15) is 4.79 Å². The Hall–Kier alpha value is -0.610. The molecule has 0 aliphatic carbocycles. The number of esters is 1. The van der Waals surface area contributed by atoms with Crippen molar-refractivity contribution in [1.29, 1.82) is 0 Å². The van der Waals surface area contributed by atoms with Gasteiger partial charge in [0.1, 0.15) is 5.41 Å². The summed E-state index contributed by atoms with van der Waals surface area (Å²) in [4.78, 5) is 11.5. The molecule has 2 heterocycles. The van der Waals surface area contributed by atoms with Crippen molar-refractivity contribution in [3.05, 3.63) is 0 Å². The van der Waals surface area contributed by atoms with Crippen LogP contribution >= 0.6 is 0 Å². The Morgan fingerprint density at radius 1 is 1.15 bits per heavy atom. The summed E-state index contributed by atoms with van der Waals surface area (Å²) < 4.78 is 16.1. The van der Waals surface area contributed by atoms with Gasteiger partial charge in [0.05, 0.1) is 19.8 Å². The Balaban J connectivity index is 2.30. The first kappa shape index (κ1) is 8.97. The lowest BCUT2D eigenvalue weighted by atomic mass is 9.79. The molecule has 74 valence electrons. The van der Waals surface area contributed by atoms with Crippen molar-refractivity contribution in [2.75, 3.05) is 19.8 Å². The summed E-state index contributed by atoms with van der Waals surface area (Å²) in [5.41, 5.74) is -0.693. The van der Waals surface area contributed by atoms with Gasteiger partial charge < -0.3 is 14.2 Å². The van der Waals surface area contributed by atoms with E-state index >= 15 is 0 Å². The van der Waals surface area contributed by atoms with Crippen molar-refractivity contribution in [1.82, 2.24) is 0 Å². The van der Waals surface area contributed by atoms with Crippen molar-refractivity contribution in [2.45, 2.75) is 26.1 Å². The van der Waals surface area contributed by atoms with Crippen LogP contribution in [0.15, 0.2) is 0 Å². The van der Waals surface area contributed by atoms with Crippen LogP contribution in [0.1, 0.15) is 20.3 Å². The molecule has 0 aromatic rings. The van der Waals surface area contributed by atoms with Crippen LogP contribution in [0.5, 0.6) is 0 Å². The maximum absolute atomic E-state index is 11.5. The third kappa shape index (κ3) is 1.09. The lowest BCUT2D eigenvalue weighted by Gasteiger charge is -2.43. The highest BCUT2D eigenvalue weighted by molar-refractivity contribution is 5.78. The lowest BCUT2D eigenvalue weighted by Crippen LogP contribution is -2.55. The molecule has 2 fully saturated rings. The zero-order chi connectivity index (χ0) is 9.53. The Labute approximate surface area is 77.1 Å². The molecule has 0 saturated carbocycles. The van der Waals surface area contributed by atoms with E-state index in [4.69, 9.17) is 14.2 Å². The highest BCUT2D eigenvalue weighted by Gasteiger charge is 2.57. The standard InChI is InChI=1S/C9H14O4/c1-8(2)7(10)11-4-3-9(8)12-5-6-13-9/h3-6H2,1-2H3. The quantitative estimate of drug-likeness (QED) is 0.522. The fourth-order valence-electron chi connectivity index (χ4n) is 1.89. The van der Waals surface area contributed by atoms with Gasteiger partial charge in [0.15, 0.2) is 5.79 Å². The molecule has 0 atom stereocenters. The van der Waals surface area contributed by atoms with E-state index in [1.54, 1.807) is 13.8 Å². The van der Waals surface area contributed by atoms with Crippen LogP contribution < -0.4 is 0 Å². The van der Waals surface area contributed by atoms with Gasteiger partial charge in [-0.1, -0.05) is 0 Å². The first-order valence-corrected chi connectivity index (χ1v) is 4.54. The van der Waals surface area contributed by atoms with Crippen LogP contribution in [-0.2, 0) is 19.0 Å².